The Hall–Kier alpha value is -2.93. The molecule has 140 valence electrons. The topological polar surface area (TPSA) is 66.8 Å². The first-order valence-electron chi connectivity index (χ1n) is 7.99. The fourth-order valence-corrected chi connectivity index (χ4v) is 3.03. The summed E-state index contributed by atoms with van der Waals surface area (Å²) in [6.45, 7) is 1.54. The maximum atomic E-state index is 14.5. The number of amides is 1. The lowest BCUT2D eigenvalue weighted by molar-refractivity contribution is -0.139. The molecule has 1 aliphatic heterocycles. The first kappa shape index (κ1) is 18.8. The molecule has 3 rings (SSSR count). The molecule has 2 aromatic carbocycles. The number of benzene rings is 2. The third-order valence-electron chi connectivity index (χ3n) is 4.07. The van der Waals surface area contributed by atoms with E-state index in [9.17, 15) is 23.5 Å². The van der Waals surface area contributed by atoms with Crippen LogP contribution in [0.2, 0.25) is 5.02 Å². The van der Waals surface area contributed by atoms with Crippen LogP contribution in [0.4, 0.5) is 14.5 Å². The highest BCUT2D eigenvalue weighted by Crippen LogP contribution is 2.42. The van der Waals surface area contributed by atoms with Gasteiger partial charge >= 0.3 is 5.97 Å². The first-order chi connectivity index (χ1) is 12.8. The maximum Gasteiger partial charge on any atom is 0.340 e. The van der Waals surface area contributed by atoms with Crippen LogP contribution in [0.1, 0.15) is 18.5 Å². The van der Waals surface area contributed by atoms with E-state index < -0.39 is 40.9 Å². The van der Waals surface area contributed by atoms with E-state index in [0.29, 0.717) is 11.1 Å². The molecule has 1 unspecified atom stereocenters. The number of carbonyl (C=O) groups excluding carboxylic acids is 2. The highest BCUT2D eigenvalue weighted by molar-refractivity contribution is 6.30. The average Bonchev–Trinajstić information content (AvgIpc) is 2.87. The average molecular weight is 394 g/mol. The molecular formula is C19H14ClF2NO4. The Labute approximate surface area is 158 Å². The van der Waals surface area contributed by atoms with Crippen LogP contribution in [0.25, 0.3) is 0 Å². The number of hydrogen-bond acceptors (Lipinski definition) is 4. The second kappa shape index (κ2) is 7.36. The van der Waals surface area contributed by atoms with E-state index in [1.165, 1.54) is 24.3 Å². The van der Waals surface area contributed by atoms with Gasteiger partial charge < -0.3 is 9.84 Å². The minimum Gasteiger partial charge on any atom is -0.503 e. The fourth-order valence-electron chi connectivity index (χ4n) is 2.91. The molecule has 0 aromatic heterocycles. The summed E-state index contributed by atoms with van der Waals surface area (Å²) < 4.78 is 32.7. The zero-order valence-corrected chi connectivity index (χ0v) is 14.8. The van der Waals surface area contributed by atoms with Crippen molar-refractivity contribution in [1.29, 1.82) is 0 Å². The molecule has 1 atom stereocenters. The number of nitrogens with zero attached hydrogens (tertiary/aromatic N) is 1. The summed E-state index contributed by atoms with van der Waals surface area (Å²) in [7, 11) is 0. The van der Waals surface area contributed by atoms with E-state index in [0.717, 1.165) is 17.0 Å². The van der Waals surface area contributed by atoms with Gasteiger partial charge in [-0.25, -0.2) is 13.6 Å². The number of aliphatic hydroxyl groups excluding tert-OH is 1. The van der Waals surface area contributed by atoms with Gasteiger partial charge in [-0.2, -0.15) is 0 Å². The summed E-state index contributed by atoms with van der Waals surface area (Å²) >= 11 is 5.86. The van der Waals surface area contributed by atoms with Gasteiger partial charge in [0.1, 0.15) is 23.2 Å². The van der Waals surface area contributed by atoms with Crippen LogP contribution in [0.5, 0.6) is 0 Å². The third kappa shape index (κ3) is 3.38. The Kier molecular flexibility index (Phi) is 5.14. The molecule has 0 aliphatic carbocycles. The lowest BCUT2D eigenvalue weighted by Crippen LogP contribution is -2.31. The molecule has 1 heterocycles. The molecule has 0 saturated heterocycles. The molecule has 0 bridgehead atoms. The Balaban J connectivity index is 2.19. The van der Waals surface area contributed by atoms with Gasteiger partial charge in [-0.05, 0) is 37.3 Å². The highest BCUT2D eigenvalue weighted by atomic mass is 35.5. The van der Waals surface area contributed by atoms with Crippen molar-refractivity contribution >= 4 is 29.2 Å². The maximum absolute atomic E-state index is 14.5. The first-order valence-corrected chi connectivity index (χ1v) is 8.37. The summed E-state index contributed by atoms with van der Waals surface area (Å²) in [5.41, 5.74) is -0.307. The minimum atomic E-state index is -1.32. The normalized spacial score (nSPS) is 16.8. The summed E-state index contributed by atoms with van der Waals surface area (Å²) in [6.07, 6.45) is 0. The van der Waals surface area contributed by atoms with Crippen molar-refractivity contribution in [1.82, 2.24) is 0 Å². The van der Waals surface area contributed by atoms with E-state index >= 15 is 0 Å². The summed E-state index contributed by atoms with van der Waals surface area (Å²) in [6, 6.07) is 7.40. The Morgan fingerprint density at radius 2 is 1.89 bits per heavy atom. The molecule has 2 aromatic rings. The number of rotatable bonds is 4. The van der Waals surface area contributed by atoms with Crippen molar-refractivity contribution < 1.29 is 28.2 Å². The van der Waals surface area contributed by atoms with Crippen LogP contribution in [-0.4, -0.2) is 23.6 Å². The van der Waals surface area contributed by atoms with Crippen molar-refractivity contribution in [3.05, 3.63) is 76.0 Å². The largest absolute Gasteiger partial charge is 0.503 e. The number of carbonyl (C=O) groups is 2. The minimum absolute atomic E-state index is 0.0105. The van der Waals surface area contributed by atoms with Crippen LogP contribution in [-0.2, 0) is 14.3 Å². The molecular weight excluding hydrogens is 380 g/mol. The number of hydrogen-bond donors (Lipinski definition) is 1. The van der Waals surface area contributed by atoms with Crippen LogP contribution in [0.3, 0.4) is 0 Å². The number of anilines is 1. The lowest BCUT2D eigenvalue weighted by atomic mass is 9.98. The smallest absolute Gasteiger partial charge is 0.340 e. The summed E-state index contributed by atoms with van der Waals surface area (Å²) in [5, 5.41) is 10.7. The van der Waals surface area contributed by atoms with E-state index in [2.05, 4.69) is 0 Å². The lowest BCUT2D eigenvalue weighted by Gasteiger charge is -2.27. The number of esters is 1. The monoisotopic (exact) mass is 393 g/mol. The van der Waals surface area contributed by atoms with E-state index in [-0.39, 0.29) is 17.9 Å². The van der Waals surface area contributed by atoms with Crippen molar-refractivity contribution in [3.8, 4) is 0 Å². The van der Waals surface area contributed by atoms with Crippen molar-refractivity contribution in [2.24, 2.45) is 0 Å². The van der Waals surface area contributed by atoms with Crippen LogP contribution >= 0.6 is 11.6 Å². The molecule has 1 aliphatic rings. The number of aliphatic hydroxyl groups is 1. The van der Waals surface area contributed by atoms with Gasteiger partial charge in [-0.3, -0.25) is 9.69 Å². The molecule has 8 heteroatoms. The highest BCUT2D eigenvalue weighted by Gasteiger charge is 2.46. The molecule has 1 N–H and O–H groups in total. The predicted molar refractivity (Wildman–Crippen MR) is 94.3 cm³/mol. The second-order valence-corrected chi connectivity index (χ2v) is 6.14. The van der Waals surface area contributed by atoms with Gasteiger partial charge in [-0.1, -0.05) is 17.7 Å². The molecule has 27 heavy (non-hydrogen) atoms. The second-order valence-electron chi connectivity index (χ2n) is 5.70. The fraction of sp³-hybridized carbons (Fsp3) is 0.158. The van der Waals surface area contributed by atoms with E-state index in [1.54, 1.807) is 6.92 Å². The van der Waals surface area contributed by atoms with E-state index in [1.807, 2.05) is 0 Å². The Bertz CT molecular complexity index is 943. The van der Waals surface area contributed by atoms with Gasteiger partial charge in [0.05, 0.1) is 6.61 Å². The Morgan fingerprint density at radius 3 is 2.48 bits per heavy atom. The van der Waals surface area contributed by atoms with Gasteiger partial charge in [0.15, 0.2) is 5.76 Å². The zero-order valence-electron chi connectivity index (χ0n) is 14.1. The summed E-state index contributed by atoms with van der Waals surface area (Å²) in [4.78, 5) is 26.0. The van der Waals surface area contributed by atoms with Gasteiger partial charge in [0.25, 0.3) is 5.91 Å². The van der Waals surface area contributed by atoms with Crippen LogP contribution in [0, 0.1) is 11.6 Å². The SMILES string of the molecule is CCOC(=O)C1=C(O)C(=O)N(c2ccc(Cl)cc2)C1c1ccc(F)cc1F. The molecule has 0 saturated carbocycles. The molecule has 0 spiro atoms. The third-order valence-corrected chi connectivity index (χ3v) is 4.32. The zero-order chi connectivity index (χ0) is 19.7. The molecule has 0 radical (unpaired) electrons. The number of ether oxygens (including phenoxy) is 1. The number of halogens is 3. The van der Waals surface area contributed by atoms with Gasteiger partial charge in [-0.15, -0.1) is 0 Å². The van der Waals surface area contributed by atoms with E-state index in [4.69, 9.17) is 16.3 Å². The predicted octanol–water partition coefficient (Wildman–Crippen LogP) is 4.08. The standard InChI is InChI=1S/C19H14ClF2NO4/c1-2-27-19(26)15-16(13-8-5-11(21)9-14(13)22)23(18(25)17(15)24)12-6-3-10(20)4-7-12/h3-9,16,24H,2H2,1H3. The van der Waals surface area contributed by atoms with Crippen LogP contribution < -0.4 is 4.90 Å². The van der Waals surface area contributed by atoms with Crippen molar-refractivity contribution in [2.45, 2.75) is 13.0 Å². The quantitative estimate of drug-likeness (QED) is 0.795. The molecule has 0 fully saturated rings. The summed E-state index contributed by atoms with van der Waals surface area (Å²) in [5.74, 6) is -4.51. The van der Waals surface area contributed by atoms with Gasteiger partial charge in [0, 0.05) is 22.3 Å². The molecule has 5 nitrogen and oxygen atoms in total. The van der Waals surface area contributed by atoms with Gasteiger partial charge in [0.2, 0.25) is 0 Å². The molecule has 1 amide bonds. The van der Waals surface area contributed by atoms with Crippen molar-refractivity contribution in [2.75, 3.05) is 11.5 Å². The Morgan fingerprint density at radius 1 is 1.22 bits per heavy atom. The van der Waals surface area contributed by atoms with Crippen LogP contribution in [0.15, 0.2) is 53.8 Å². The van der Waals surface area contributed by atoms with Crippen molar-refractivity contribution in [3.63, 3.8) is 0 Å².